The number of rotatable bonds is 4. The average molecular weight is 262 g/mol. The number of carbonyl (C=O) groups is 1. The lowest BCUT2D eigenvalue weighted by molar-refractivity contribution is 0.0749. The van der Waals surface area contributed by atoms with E-state index in [1.807, 2.05) is 7.05 Å². The van der Waals surface area contributed by atoms with Gasteiger partial charge in [-0.05, 0) is 38.1 Å². The van der Waals surface area contributed by atoms with Gasteiger partial charge in [0.05, 0.1) is 0 Å². The number of nitrogens with two attached hydrogens (primary N) is 1. The van der Waals surface area contributed by atoms with Crippen molar-refractivity contribution in [2.24, 2.45) is 0 Å². The van der Waals surface area contributed by atoms with E-state index in [9.17, 15) is 4.79 Å². The molecular weight excluding hydrogens is 240 g/mol. The molecule has 0 bridgehead atoms. The highest BCUT2D eigenvalue weighted by molar-refractivity contribution is 5.92. The minimum Gasteiger partial charge on any atom is -0.399 e. The molecule has 0 aromatic carbocycles. The summed E-state index contributed by atoms with van der Waals surface area (Å²) in [6.07, 6.45) is 3.96. The zero-order valence-corrected chi connectivity index (χ0v) is 11.7. The molecule has 0 aliphatic carbocycles. The van der Waals surface area contributed by atoms with Crippen LogP contribution in [0.15, 0.2) is 18.3 Å². The predicted molar refractivity (Wildman–Crippen MR) is 75.9 cm³/mol. The first-order valence-corrected chi connectivity index (χ1v) is 6.83. The molecule has 5 heteroatoms. The first-order chi connectivity index (χ1) is 9.11. The maximum Gasteiger partial charge on any atom is 0.272 e. The van der Waals surface area contributed by atoms with Crippen molar-refractivity contribution >= 4 is 11.6 Å². The van der Waals surface area contributed by atoms with Gasteiger partial charge in [-0.15, -0.1) is 0 Å². The van der Waals surface area contributed by atoms with E-state index in [0.717, 1.165) is 26.1 Å². The number of amides is 1. The molecule has 2 rings (SSSR count). The molecule has 1 aromatic heterocycles. The normalized spacial score (nSPS) is 19.6. The number of nitrogen functional groups attached to an aromatic ring is 1. The summed E-state index contributed by atoms with van der Waals surface area (Å²) in [5.41, 5.74) is 6.68. The van der Waals surface area contributed by atoms with Gasteiger partial charge in [0.1, 0.15) is 5.69 Å². The molecule has 19 heavy (non-hydrogen) atoms. The van der Waals surface area contributed by atoms with Crippen molar-refractivity contribution in [2.75, 3.05) is 32.4 Å². The lowest BCUT2D eigenvalue weighted by Gasteiger charge is -2.27. The molecule has 2 heterocycles. The second-order valence-electron chi connectivity index (χ2n) is 5.08. The molecule has 5 nitrogen and oxygen atoms in total. The zero-order chi connectivity index (χ0) is 13.8. The number of likely N-dealkylation sites (tertiary alicyclic amines) is 1. The van der Waals surface area contributed by atoms with Gasteiger partial charge >= 0.3 is 0 Å². The molecule has 1 amide bonds. The van der Waals surface area contributed by atoms with Gasteiger partial charge in [-0.1, -0.05) is 6.92 Å². The Morgan fingerprint density at radius 2 is 2.42 bits per heavy atom. The quantitative estimate of drug-likeness (QED) is 0.886. The average Bonchev–Trinajstić information content (AvgIpc) is 2.85. The first kappa shape index (κ1) is 13.8. The first-order valence-electron chi connectivity index (χ1n) is 6.83. The smallest absolute Gasteiger partial charge is 0.272 e. The number of anilines is 1. The van der Waals surface area contributed by atoms with E-state index in [-0.39, 0.29) is 5.91 Å². The molecule has 1 atom stereocenters. The van der Waals surface area contributed by atoms with Gasteiger partial charge < -0.3 is 10.6 Å². The van der Waals surface area contributed by atoms with Crippen molar-refractivity contribution in [3.8, 4) is 0 Å². The Morgan fingerprint density at radius 3 is 3.11 bits per heavy atom. The fraction of sp³-hybridized carbons (Fsp3) is 0.571. The van der Waals surface area contributed by atoms with Crippen LogP contribution in [0.3, 0.4) is 0 Å². The highest BCUT2D eigenvalue weighted by Crippen LogP contribution is 2.18. The Kier molecular flexibility index (Phi) is 4.37. The minimum atomic E-state index is -0.0600. The van der Waals surface area contributed by atoms with Crippen molar-refractivity contribution in [3.05, 3.63) is 24.0 Å². The third-order valence-electron chi connectivity index (χ3n) is 3.74. The van der Waals surface area contributed by atoms with E-state index in [2.05, 4.69) is 16.8 Å². The Morgan fingerprint density at radius 1 is 1.63 bits per heavy atom. The monoisotopic (exact) mass is 262 g/mol. The zero-order valence-electron chi connectivity index (χ0n) is 11.7. The number of nitrogens with zero attached hydrogens (tertiary/aromatic N) is 3. The third-order valence-corrected chi connectivity index (χ3v) is 3.74. The van der Waals surface area contributed by atoms with Crippen molar-refractivity contribution in [1.29, 1.82) is 0 Å². The molecule has 1 aliphatic heterocycles. The van der Waals surface area contributed by atoms with Crippen LogP contribution in [0.2, 0.25) is 0 Å². The van der Waals surface area contributed by atoms with Gasteiger partial charge in [0, 0.05) is 31.5 Å². The number of aromatic nitrogens is 1. The highest BCUT2D eigenvalue weighted by atomic mass is 16.2. The summed E-state index contributed by atoms with van der Waals surface area (Å²) < 4.78 is 0. The van der Waals surface area contributed by atoms with Gasteiger partial charge in [-0.2, -0.15) is 0 Å². The Bertz CT molecular complexity index is 449. The second-order valence-corrected chi connectivity index (χ2v) is 5.08. The standard InChI is InChI=1S/C14H22N4O/c1-3-18-8-4-5-12(18)10-17(2)14(19)13-9-11(15)6-7-16-13/h6-7,9,12H,3-5,8,10H2,1-2H3,(H2,15,16). The van der Waals surface area contributed by atoms with Crippen LogP contribution in [-0.2, 0) is 0 Å². The summed E-state index contributed by atoms with van der Waals surface area (Å²) >= 11 is 0. The predicted octanol–water partition coefficient (Wildman–Crippen LogP) is 1.22. The molecule has 1 fully saturated rings. The second kappa shape index (κ2) is 6.02. The number of carbonyl (C=O) groups excluding carboxylic acids is 1. The highest BCUT2D eigenvalue weighted by Gasteiger charge is 2.26. The molecule has 1 aliphatic rings. The summed E-state index contributed by atoms with van der Waals surface area (Å²) in [6, 6.07) is 3.79. The van der Waals surface area contributed by atoms with Gasteiger partial charge in [0.25, 0.3) is 5.91 Å². The van der Waals surface area contributed by atoms with Gasteiger partial charge in [-0.3, -0.25) is 14.7 Å². The third kappa shape index (κ3) is 3.23. The summed E-state index contributed by atoms with van der Waals surface area (Å²) in [5.74, 6) is -0.0600. The molecule has 1 aromatic rings. The number of hydrogen-bond acceptors (Lipinski definition) is 4. The van der Waals surface area contributed by atoms with E-state index in [1.165, 1.54) is 6.42 Å². The van der Waals surface area contributed by atoms with Gasteiger partial charge in [0.2, 0.25) is 0 Å². The lowest BCUT2D eigenvalue weighted by atomic mass is 10.2. The SMILES string of the molecule is CCN1CCCC1CN(C)C(=O)c1cc(N)ccn1. The lowest BCUT2D eigenvalue weighted by Crippen LogP contribution is -2.41. The molecular formula is C14H22N4O. The van der Waals surface area contributed by atoms with Gasteiger partial charge in [0.15, 0.2) is 0 Å². The minimum absolute atomic E-state index is 0.0600. The van der Waals surface area contributed by atoms with E-state index in [4.69, 9.17) is 5.73 Å². The fourth-order valence-corrected chi connectivity index (χ4v) is 2.68. The fourth-order valence-electron chi connectivity index (χ4n) is 2.68. The van der Waals surface area contributed by atoms with Crippen molar-refractivity contribution < 1.29 is 4.79 Å². The number of pyridine rings is 1. The van der Waals surface area contributed by atoms with E-state index < -0.39 is 0 Å². The van der Waals surface area contributed by atoms with E-state index >= 15 is 0 Å². The van der Waals surface area contributed by atoms with Crippen LogP contribution in [0.1, 0.15) is 30.3 Å². The Hall–Kier alpha value is -1.62. The molecule has 2 N–H and O–H groups in total. The van der Waals surface area contributed by atoms with Crippen molar-refractivity contribution in [2.45, 2.75) is 25.8 Å². The van der Waals surface area contributed by atoms with Crippen LogP contribution >= 0.6 is 0 Å². The van der Waals surface area contributed by atoms with Crippen LogP contribution in [-0.4, -0.2) is 53.4 Å². The molecule has 0 saturated carbocycles. The van der Waals surface area contributed by atoms with Crippen LogP contribution < -0.4 is 5.73 Å². The summed E-state index contributed by atoms with van der Waals surface area (Å²) in [7, 11) is 1.83. The van der Waals surface area contributed by atoms with Crippen LogP contribution in [0, 0.1) is 0 Å². The topological polar surface area (TPSA) is 62.5 Å². The van der Waals surface area contributed by atoms with Crippen molar-refractivity contribution in [3.63, 3.8) is 0 Å². The largest absolute Gasteiger partial charge is 0.399 e. The van der Waals surface area contributed by atoms with Crippen LogP contribution in [0.4, 0.5) is 5.69 Å². The summed E-state index contributed by atoms with van der Waals surface area (Å²) in [4.78, 5) is 20.5. The number of likely N-dealkylation sites (N-methyl/N-ethyl adjacent to an activating group) is 2. The van der Waals surface area contributed by atoms with E-state index in [0.29, 0.717) is 17.4 Å². The number of hydrogen-bond donors (Lipinski definition) is 1. The van der Waals surface area contributed by atoms with Crippen LogP contribution in [0.25, 0.3) is 0 Å². The summed E-state index contributed by atoms with van der Waals surface area (Å²) in [5, 5.41) is 0. The van der Waals surface area contributed by atoms with Crippen molar-refractivity contribution in [1.82, 2.24) is 14.8 Å². The molecule has 1 saturated heterocycles. The Labute approximate surface area is 114 Å². The summed E-state index contributed by atoms with van der Waals surface area (Å²) in [6.45, 7) is 5.10. The van der Waals surface area contributed by atoms with Gasteiger partial charge in [-0.25, -0.2) is 0 Å². The maximum absolute atomic E-state index is 12.3. The molecule has 0 radical (unpaired) electrons. The molecule has 1 unspecified atom stereocenters. The van der Waals surface area contributed by atoms with Crippen LogP contribution in [0.5, 0.6) is 0 Å². The molecule has 104 valence electrons. The van der Waals surface area contributed by atoms with E-state index in [1.54, 1.807) is 23.2 Å². The Balaban J connectivity index is 1.99. The maximum atomic E-state index is 12.3. The molecule has 0 spiro atoms.